The van der Waals surface area contributed by atoms with E-state index in [4.69, 9.17) is 0 Å². The lowest BCUT2D eigenvalue weighted by molar-refractivity contribution is -0.139. The van der Waals surface area contributed by atoms with Gasteiger partial charge in [-0.3, -0.25) is 14.7 Å². The van der Waals surface area contributed by atoms with Gasteiger partial charge in [0.2, 0.25) is 5.91 Å². The number of imidazole rings is 1. The molecule has 2 N–H and O–H groups in total. The van der Waals surface area contributed by atoms with Crippen molar-refractivity contribution in [3.63, 3.8) is 0 Å². The Morgan fingerprint density at radius 3 is 2.92 bits per heavy atom. The van der Waals surface area contributed by atoms with Crippen molar-refractivity contribution in [3.8, 4) is 0 Å². The molecule has 0 aliphatic carbocycles. The Labute approximate surface area is 140 Å². The summed E-state index contributed by atoms with van der Waals surface area (Å²) in [5.41, 5.74) is 0.433. The Morgan fingerprint density at radius 2 is 2.29 bits per heavy atom. The van der Waals surface area contributed by atoms with Gasteiger partial charge in [-0.1, -0.05) is 0 Å². The summed E-state index contributed by atoms with van der Waals surface area (Å²) in [5, 5.41) is 9.39. The fraction of sp³-hybridized carbons (Fsp3) is 0.500. The third-order valence-electron chi connectivity index (χ3n) is 4.57. The first-order valence-corrected chi connectivity index (χ1v) is 8.16. The lowest BCUT2D eigenvalue weighted by Gasteiger charge is -2.40. The smallest absolute Gasteiger partial charge is 0.269 e. The molecular weight excluding hydrogens is 308 g/mol. The molecule has 0 bridgehead atoms. The van der Waals surface area contributed by atoms with Crippen LogP contribution in [0.25, 0.3) is 0 Å². The predicted octanol–water partition coefficient (Wildman–Crippen LogP) is 0.873. The Morgan fingerprint density at radius 1 is 1.46 bits per heavy atom. The zero-order valence-corrected chi connectivity index (χ0v) is 13.9. The zero-order valence-electron chi connectivity index (χ0n) is 13.9. The fourth-order valence-corrected chi connectivity index (χ4v) is 3.32. The number of nitrogens with one attached hydrogen (secondary N) is 2. The van der Waals surface area contributed by atoms with E-state index in [1.54, 1.807) is 18.5 Å². The topological polar surface area (TPSA) is 95.9 Å². The van der Waals surface area contributed by atoms with Crippen LogP contribution in [0.3, 0.4) is 0 Å². The molecule has 8 heteroatoms. The zero-order chi connectivity index (χ0) is 17.1. The van der Waals surface area contributed by atoms with E-state index in [1.165, 1.54) is 0 Å². The van der Waals surface area contributed by atoms with Gasteiger partial charge < -0.3 is 14.8 Å². The van der Waals surface area contributed by atoms with Gasteiger partial charge in [0.05, 0.1) is 6.04 Å². The number of likely N-dealkylation sites (tertiary alicyclic amines) is 1. The van der Waals surface area contributed by atoms with Crippen LogP contribution in [0.1, 0.15) is 42.1 Å². The van der Waals surface area contributed by atoms with Crippen LogP contribution in [0, 0.1) is 5.92 Å². The van der Waals surface area contributed by atoms with Crippen molar-refractivity contribution in [2.24, 2.45) is 13.0 Å². The minimum Gasteiger partial charge on any atom is -0.350 e. The summed E-state index contributed by atoms with van der Waals surface area (Å²) in [6, 6.07) is 1.51. The van der Waals surface area contributed by atoms with Gasteiger partial charge in [-0.2, -0.15) is 5.10 Å². The molecule has 2 aromatic heterocycles. The summed E-state index contributed by atoms with van der Waals surface area (Å²) in [6.45, 7) is 3.08. The molecule has 2 atom stereocenters. The van der Waals surface area contributed by atoms with E-state index in [-0.39, 0.29) is 23.8 Å². The lowest BCUT2D eigenvalue weighted by Crippen LogP contribution is -2.47. The van der Waals surface area contributed by atoms with Gasteiger partial charge in [-0.15, -0.1) is 0 Å². The van der Waals surface area contributed by atoms with Gasteiger partial charge in [0, 0.05) is 51.1 Å². The highest BCUT2D eigenvalue weighted by Gasteiger charge is 2.38. The van der Waals surface area contributed by atoms with Crippen molar-refractivity contribution >= 4 is 11.8 Å². The third-order valence-corrected chi connectivity index (χ3v) is 4.57. The van der Waals surface area contributed by atoms with Crippen molar-refractivity contribution in [2.45, 2.75) is 25.8 Å². The fourth-order valence-electron chi connectivity index (χ4n) is 3.32. The largest absolute Gasteiger partial charge is 0.350 e. The number of amides is 2. The SMILES string of the molecule is CCN1C(=O)CC[C@H](CNC(=O)c2ccn[nH]2)[C@H]1c1nccn1C. The quantitative estimate of drug-likeness (QED) is 0.850. The molecule has 2 amide bonds. The van der Waals surface area contributed by atoms with Crippen LogP contribution in [0.2, 0.25) is 0 Å². The highest BCUT2D eigenvalue weighted by Crippen LogP contribution is 2.35. The van der Waals surface area contributed by atoms with E-state index in [0.717, 1.165) is 12.2 Å². The molecule has 0 spiro atoms. The average molecular weight is 330 g/mol. The molecule has 1 aliphatic rings. The van der Waals surface area contributed by atoms with Crippen LogP contribution in [-0.2, 0) is 11.8 Å². The van der Waals surface area contributed by atoms with E-state index in [9.17, 15) is 9.59 Å². The molecule has 1 aliphatic heterocycles. The highest BCUT2D eigenvalue weighted by atomic mass is 16.2. The summed E-state index contributed by atoms with van der Waals surface area (Å²) in [7, 11) is 1.93. The number of hydrogen-bond donors (Lipinski definition) is 2. The molecule has 0 radical (unpaired) electrons. The summed E-state index contributed by atoms with van der Waals surface area (Å²) in [6.07, 6.45) is 6.39. The van der Waals surface area contributed by atoms with Crippen LogP contribution < -0.4 is 5.32 Å². The Bertz CT molecular complexity index is 708. The second kappa shape index (κ2) is 6.86. The number of aromatic nitrogens is 4. The molecule has 24 heavy (non-hydrogen) atoms. The summed E-state index contributed by atoms with van der Waals surface area (Å²) in [5.74, 6) is 0.925. The van der Waals surface area contributed by atoms with E-state index in [1.807, 2.05) is 29.6 Å². The number of aryl methyl sites for hydroxylation is 1. The van der Waals surface area contributed by atoms with Crippen molar-refractivity contribution in [1.29, 1.82) is 0 Å². The first-order valence-electron chi connectivity index (χ1n) is 8.16. The average Bonchev–Trinajstić information content (AvgIpc) is 3.24. The maximum atomic E-state index is 12.3. The van der Waals surface area contributed by atoms with E-state index >= 15 is 0 Å². The number of rotatable bonds is 5. The molecule has 128 valence electrons. The molecule has 3 heterocycles. The van der Waals surface area contributed by atoms with Crippen LogP contribution in [0.15, 0.2) is 24.7 Å². The second-order valence-corrected chi connectivity index (χ2v) is 6.00. The van der Waals surface area contributed by atoms with Gasteiger partial charge in [0.15, 0.2) is 0 Å². The van der Waals surface area contributed by atoms with Gasteiger partial charge in [0.1, 0.15) is 11.5 Å². The first kappa shape index (κ1) is 16.2. The number of carbonyl (C=O) groups excluding carboxylic acids is 2. The molecule has 0 unspecified atom stereocenters. The molecule has 0 saturated carbocycles. The Hall–Kier alpha value is -2.64. The molecule has 1 fully saturated rings. The molecular formula is C16H22N6O2. The lowest BCUT2D eigenvalue weighted by atomic mass is 9.87. The minimum atomic E-state index is -0.189. The van der Waals surface area contributed by atoms with Crippen LogP contribution >= 0.6 is 0 Å². The van der Waals surface area contributed by atoms with Crippen LogP contribution in [0.4, 0.5) is 0 Å². The van der Waals surface area contributed by atoms with Gasteiger partial charge in [-0.05, 0) is 19.4 Å². The van der Waals surface area contributed by atoms with E-state index < -0.39 is 0 Å². The van der Waals surface area contributed by atoms with Gasteiger partial charge in [0.25, 0.3) is 5.91 Å². The first-order chi connectivity index (χ1) is 11.6. The molecule has 8 nitrogen and oxygen atoms in total. The van der Waals surface area contributed by atoms with Crippen molar-refractivity contribution in [1.82, 2.24) is 30.0 Å². The van der Waals surface area contributed by atoms with Gasteiger partial charge >= 0.3 is 0 Å². The van der Waals surface area contributed by atoms with Crippen molar-refractivity contribution in [3.05, 3.63) is 36.2 Å². The number of H-pyrrole nitrogens is 1. The normalized spacial score (nSPS) is 21.1. The number of hydrogen-bond acceptors (Lipinski definition) is 4. The monoisotopic (exact) mass is 330 g/mol. The minimum absolute atomic E-state index is 0.121. The Kier molecular flexibility index (Phi) is 4.64. The number of piperidine rings is 1. The maximum absolute atomic E-state index is 12.3. The number of aromatic amines is 1. The second-order valence-electron chi connectivity index (χ2n) is 6.00. The molecule has 3 rings (SSSR count). The van der Waals surface area contributed by atoms with E-state index in [0.29, 0.717) is 25.2 Å². The van der Waals surface area contributed by atoms with Crippen LogP contribution in [0.5, 0.6) is 0 Å². The summed E-state index contributed by atoms with van der Waals surface area (Å²) >= 11 is 0. The molecule has 2 aromatic rings. The third kappa shape index (κ3) is 3.04. The molecule has 1 saturated heterocycles. The van der Waals surface area contributed by atoms with Crippen molar-refractivity contribution in [2.75, 3.05) is 13.1 Å². The maximum Gasteiger partial charge on any atom is 0.269 e. The summed E-state index contributed by atoms with van der Waals surface area (Å²) < 4.78 is 1.94. The predicted molar refractivity (Wildman–Crippen MR) is 87.0 cm³/mol. The molecule has 0 aromatic carbocycles. The Balaban J connectivity index is 1.78. The highest BCUT2D eigenvalue weighted by molar-refractivity contribution is 5.92. The van der Waals surface area contributed by atoms with Gasteiger partial charge in [-0.25, -0.2) is 4.98 Å². The number of carbonyl (C=O) groups is 2. The number of nitrogens with zero attached hydrogens (tertiary/aromatic N) is 4. The van der Waals surface area contributed by atoms with Crippen LogP contribution in [-0.4, -0.2) is 49.6 Å². The van der Waals surface area contributed by atoms with E-state index in [2.05, 4.69) is 20.5 Å². The standard InChI is InChI=1S/C16H22N6O2/c1-3-22-13(23)5-4-11(14(22)15-17-8-9-21(15)2)10-18-16(24)12-6-7-19-20-12/h6-9,11,14H,3-5,10H2,1-2H3,(H,18,24)(H,19,20)/t11-,14+/m1/s1. The van der Waals surface area contributed by atoms with Crippen molar-refractivity contribution < 1.29 is 9.59 Å². The summed E-state index contributed by atoms with van der Waals surface area (Å²) in [4.78, 5) is 30.7.